The van der Waals surface area contributed by atoms with Crippen LogP contribution in [0, 0.1) is 18.3 Å². The third-order valence-corrected chi connectivity index (χ3v) is 6.35. The molecule has 4 rings (SSSR count). The van der Waals surface area contributed by atoms with E-state index in [1.165, 1.54) is 35.0 Å². The minimum atomic E-state index is 0. The molecular formula is C27H35Cl2N3O. The summed E-state index contributed by atoms with van der Waals surface area (Å²) in [5.41, 5.74) is 3.89. The van der Waals surface area contributed by atoms with E-state index in [-0.39, 0.29) is 24.8 Å². The van der Waals surface area contributed by atoms with Crippen molar-refractivity contribution in [2.24, 2.45) is 13.0 Å². The fourth-order valence-corrected chi connectivity index (χ4v) is 4.48. The van der Waals surface area contributed by atoms with Crippen molar-refractivity contribution in [2.45, 2.75) is 25.9 Å². The van der Waals surface area contributed by atoms with E-state index in [0.29, 0.717) is 12.5 Å². The number of ether oxygens (including phenoxy) is 1. The summed E-state index contributed by atoms with van der Waals surface area (Å²) in [4.78, 5) is 4.70. The highest BCUT2D eigenvalue weighted by Gasteiger charge is 2.20. The molecule has 33 heavy (non-hydrogen) atoms. The van der Waals surface area contributed by atoms with Gasteiger partial charge in [0.05, 0.1) is 13.2 Å². The summed E-state index contributed by atoms with van der Waals surface area (Å²) in [6.07, 6.45) is 7.84. The number of piperidine rings is 1. The van der Waals surface area contributed by atoms with Crippen LogP contribution in [0.5, 0.6) is 5.75 Å². The maximum Gasteiger partial charge on any atom is 0.120 e. The molecule has 4 nitrogen and oxygen atoms in total. The molecule has 1 aliphatic rings. The molecule has 0 amide bonds. The van der Waals surface area contributed by atoms with E-state index in [0.717, 1.165) is 38.5 Å². The second kappa shape index (κ2) is 12.9. The Morgan fingerprint density at radius 3 is 2.48 bits per heavy atom. The van der Waals surface area contributed by atoms with Gasteiger partial charge in [0.1, 0.15) is 5.75 Å². The average molecular weight is 489 g/mol. The van der Waals surface area contributed by atoms with E-state index in [1.807, 2.05) is 0 Å². The van der Waals surface area contributed by atoms with Crippen LogP contribution in [0.2, 0.25) is 0 Å². The van der Waals surface area contributed by atoms with Crippen molar-refractivity contribution in [1.82, 2.24) is 14.4 Å². The van der Waals surface area contributed by atoms with Gasteiger partial charge in [-0.05, 0) is 68.7 Å². The summed E-state index contributed by atoms with van der Waals surface area (Å²) in [7, 11) is 4.17. The third-order valence-electron chi connectivity index (χ3n) is 6.35. The van der Waals surface area contributed by atoms with E-state index in [4.69, 9.17) is 11.2 Å². The highest BCUT2D eigenvalue weighted by molar-refractivity contribution is 5.85. The second-order valence-electron chi connectivity index (χ2n) is 8.81. The van der Waals surface area contributed by atoms with Crippen LogP contribution < -0.4 is 4.74 Å². The SMILES string of the molecule is C#CCN(C)Cc1cc2cc(OCC3CCN(Cc4ccccc4)CC3)ccc2n1C.Cl.Cl. The van der Waals surface area contributed by atoms with Gasteiger partial charge < -0.3 is 9.30 Å². The van der Waals surface area contributed by atoms with Crippen molar-refractivity contribution in [2.75, 3.05) is 33.3 Å². The van der Waals surface area contributed by atoms with Crippen LogP contribution in [0.3, 0.4) is 0 Å². The molecule has 2 aromatic carbocycles. The lowest BCUT2D eigenvalue weighted by Crippen LogP contribution is -2.35. The Hall–Kier alpha value is -2.16. The molecule has 1 saturated heterocycles. The van der Waals surface area contributed by atoms with E-state index in [9.17, 15) is 0 Å². The molecule has 2 heterocycles. The van der Waals surface area contributed by atoms with Crippen LogP contribution in [-0.4, -0.2) is 47.7 Å². The van der Waals surface area contributed by atoms with E-state index >= 15 is 0 Å². The van der Waals surface area contributed by atoms with Crippen molar-refractivity contribution < 1.29 is 4.74 Å². The van der Waals surface area contributed by atoms with Crippen molar-refractivity contribution in [3.05, 3.63) is 65.9 Å². The highest BCUT2D eigenvalue weighted by Crippen LogP contribution is 2.26. The van der Waals surface area contributed by atoms with Crippen LogP contribution in [0.25, 0.3) is 10.9 Å². The fraction of sp³-hybridized carbons (Fsp3) is 0.407. The van der Waals surface area contributed by atoms with Gasteiger partial charge in [-0.3, -0.25) is 9.80 Å². The lowest BCUT2D eigenvalue weighted by atomic mass is 9.97. The first kappa shape index (κ1) is 27.1. The molecule has 0 radical (unpaired) electrons. The summed E-state index contributed by atoms with van der Waals surface area (Å²) < 4.78 is 8.46. The minimum Gasteiger partial charge on any atom is -0.493 e. The molecule has 0 N–H and O–H groups in total. The molecule has 3 aromatic rings. The zero-order chi connectivity index (χ0) is 21.6. The summed E-state index contributed by atoms with van der Waals surface area (Å²) in [5, 5.41) is 1.22. The Morgan fingerprint density at radius 2 is 1.79 bits per heavy atom. The highest BCUT2D eigenvalue weighted by atomic mass is 35.5. The number of fused-ring (bicyclic) bond motifs is 1. The second-order valence-corrected chi connectivity index (χ2v) is 8.81. The number of aryl methyl sites for hydroxylation is 1. The quantitative estimate of drug-likeness (QED) is 0.398. The van der Waals surface area contributed by atoms with E-state index in [2.05, 4.69) is 89.0 Å². The maximum absolute atomic E-state index is 6.21. The first-order valence-electron chi connectivity index (χ1n) is 11.2. The van der Waals surface area contributed by atoms with Crippen molar-refractivity contribution in [3.63, 3.8) is 0 Å². The van der Waals surface area contributed by atoms with Crippen LogP contribution >= 0.6 is 24.8 Å². The Labute approximate surface area is 210 Å². The largest absolute Gasteiger partial charge is 0.493 e. The van der Waals surface area contributed by atoms with Crippen molar-refractivity contribution in [3.8, 4) is 18.1 Å². The molecule has 0 unspecified atom stereocenters. The maximum atomic E-state index is 6.21. The molecule has 6 heteroatoms. The first-order chi connectivity index (χ1) is 15.1. The molecule has 1 fully saturated rings. The number of rotatable bonds is 8. The van der Waals surface area contributed by atoms with Gasteiger partial charge in [0, 0.05) is 36.7 Å². The standard InChI is InChI=1S/C27H33N3O.2ClH/c1-4-14-28(2)20-25-17-24-18-26(10-11-27(24)29(25)3)31-21-23-12-15-30(16-13-23)19-22-8-6-5-7-9-22;;/h1,5-11,17-18,23H,12-16,19-21H2,2-3H3;2*1H. The van der Waals surface area contributed by atoms with E-state index in [1.54, 1.807) is 0 Å². The number of likely N-dealkylation sites (tertiary alicyclic amines) is 1. The Kier molecular flexibility index (Phi) is 10.6. The van der Waals surface area contributed by atoms with Crippen molar-refractivity contribution in [1.29, 1.82) is 0 Å². The van der Waals surface area contributed by atoms with Gasteiger partial charge >= 0.3 is 0 Å². The topological polar surface area (TPSA) is 20.6 Å². The number of hydrogen-bond donors (Lipinski definition) is 0. The molecule has 0 aliphatic carbocycles. The third kappa shape index (κ3) is 7.16. The lowest BCUT2D eigenvalue weighted by molar-refractivity contribution is 0.137. The van der Waals surface area contributed by atoms with Crippen LogP contribution in [0.4, 0.5) is 0 Å². The summed E-state index contributed by atoms with van der Waals surface area (Å²) in [6, 6.07) is 19.4. The monoisotopic (exact) mass is 487 g/mol. The molecule has 1 aromatic heterocycles. The first-order valence-corrected chi connectivity index (χ1v) is 11.2. The van der Waals surface area contributed by atoms with E-state index < -0.39 is 0 Å². The number of aromatic nitrogens is 1. The molecule has 0 atom stereocenters. The molecule has 1 aliphatic heterocycles. The van der Waals surface area contributed by atoms with Crippen LogP contribution in [0.15, 0.2) is 54.6 Å². The number of nitrogens with zero attached hydrogens (tertiary/aromatic N) is 3. The fourth-order valence-electron chi connectivity index (χ4n) is 4.48. The summed E-state index contributed by atoms with van der Waals surface area (Å²) in [6.45, 7) is 5.64. The van der Waals surface area contributed by atoms with Gasteiger partial charge in [0.15, 0.2) is 0 Å². The lowest BCUT2D eigenvalue weighted by Gasteiger charge is -2.31. The molecule has 178 valence electrons. The zero-order valence-electron chi connectivity index (χ0n) is 19.6. The number of halogens is 2. The molecule has 0 spiro atoms. The number of benzene rings is 2. The van der Waals surface area contributed by atoms with Gasteiger partial charge in [-0.25, -0.2) is 0 Å². The predicted octanol–water partition coefficient (Wildman–Crippen LogP) is 5.38. The van der Waals surface area contributed by atoms with Gasteiger partial charge in [0.25, 0.3) is 0 Å². The van der Waals surface area contributed by atoms with Gasteiger partial charge in [0.2, 0.25) is 0 Å². The Morgan fingerprint density at radius 1 is 1.06 bits per heavy atom. The van der Waals surface area contributed by atoms with Gasteiger partial charge in [-0.1, -0.05) is 36.3 Å². The number of hydrogen-bond acceptors (Lipinski definition) is 3. The van der Waals surface area contributed by atoms with Crippen LogP contribution in [0.1, 0.15) is 24.1 Å². The average Bonchev–Trinajstić information content (AvgIpc) is 3.08. The van der Waals surface area contributed by atoms with Gasteiger partial charge in [-0.15, -0.1) is 31.2 Å². The van der Waals surface area contributed by atoms with Crippen molar-refractivity contribution >= 4 is 35.7 Å². The summed E-state index contributed by atoms with van der Waals surface area (Å²) in [5.74, 6) is 4.30. The van der Waals surface area contributed by atoms with Crippen LogP contribution in [-0.2, 0) is 20.1 Å². The normalized spacial score (nSPS) is 14.5. The Bertz CT molecular complexity index is 1040. The molecule has 0 bridgehead atoms. The summed E-state index contributed by atoms with van der Waals surface area (Å²) >= 11 is 0. The molecule has 0 saturated carbocycles. The smallest absolute Gasteiger partial charge is 0.120 e. The minimum absolute atomic E-state index is 0. The zero-order valence-corrected chi connectivity index (χ0v) is 21.2. The number of terminal acetylenes is 1. The Balaban J connectivity index is 0.00000193. The predicted molar refractivity (Wildman–Crippen MR) is 143 cm³/mol. The van der Waals surface area contributed by atoms with Gasteiger partial charge in [-0.2, -0.15) is 0 Å². The molecular weight excluding hydrogens is 453 g/mol.